The second-order valence-corrected chi connectivity index (χ2v) is 5.04. The fourth-order valence-corrected chi connectivity index (χ4v) is 1.83. The Bertz CT molecular complexity index is 536. The first-order valence-corrected chi connectivity index (χ1v) is 6.60. The predicted molar refractivity (Wildman–Crippen MR) is 80.8 cm³/mol. The first kappa shape index (κ1) is 14.1. The average molecular weight is 295 g/mol. The molecule has 0 unspecified atom stereocenters. The largest absolute Gasteiger partial charge is 0.576 e. The monoisotopic (exact) mass is 294 g/mol. The van der Waals surface area contributed by atoms with Gasteiger partial charge in [-0.25, -0.2) is 0 Å². The summed E-state index contributed by atoms with van der Waals surface area (Å²) in [6, 6.07) is 11.0. The SMILES string of the molecule is Cc1ccc(OBOc2ccc(C)c(Cl)c2)cc1Cl. The second-order valence-electron chi connectivity index (χ2n) is 4.23. The number of hydrogen-bond acceptors (Lipinski definition) is 2. The van der Waals surface area contributed by atoms with Gasteiger partial charge >= 0.3 is 7.69 Å². The molecule has 0 saturated carbocycles. The molecule has 19 heavy (non-hydrogen) atoms. The maximum atomic E-state index is 6.01. The van der Waals surface area contributed by atoms with Crippen molar-refractivity contribution in [3.05, 3.63) is 57.6 Å². The van der Waals surface area contributed by atoms with E-state index in [1.54, 1.807) is 12.1 Å². The molecular weight excluding hydrogens is 282 g/mol. The summed E-state index contributed by atoms with van der Waals surface area (Å²) < 4.78 is 10.9. The van der Waals surface area contributed by atoms with Crippen molar-refractivity contribution in [3.8, 4) is 11.5 Å². The number of hydrogen-bond donors (Lipinski definition) is 0. The number of halogens is 2. The van der Waals surface area contributed by atoms with E-state index in [1.165, 1.54) is 0 Å². The molecule has 2 nitrogen and oxygen atoms in total. The molecule has 0 fully saturated rings. The molecule has 2 aromatic rings. The zero-order chi connectivity index (χ0) is 13.8. The molecule has 0 saturated heterocycles. The van der Waals surface area contributed by atoms with Crippen LogP contribution in [0.5, 0.6) is 11.5 Å². The van der Waals surface area contributed by atoms with Crippen molar-refractivity contribution in [2.45, 2.75) is 13.8 Å². The van der Waals surface area contributed by atoms with Crippen molar-refractivity contribution in [2.24, 2.45) is 0 Å². The van der Waals surface area contributed by atoms with E-state index in [9.17, 15) is 0 Å². The van der Waals surface area contributed by atoms with Crippen LogP contribution in [0.25, 0.3) is 0 Å². The molecule has 0 spiro atoms. The lowest BCUT2D eigenvalue weighted by atomic mass is 10.2. The van der Waals surface area contributed by atoms with Crippen LogP contribution in [0, 0.1) is 13.8 Å². The molecule has 0 radical (unpaired) electrons. The summed E-state index contributed by atoms with van der Waals surface area (Å²) in [4.78, 5) is 0. The van der Waals surface area contributed by atoms with Gasteiger partial charge in [-0.1, -0.05) is 35.3 Å². The van der Waals surface area contributed by atoms with E-state index in [4.69, 9.17) is 32.5 Å². The van der Waals surface area contributed by atoms with Gasteiger partial charge in [0.25, 0.3) is 0 Å². The van der Waals surface area contributed by atoms with E-state index in [-0.39, 0.29) is 7.69 Å². The molecule has 0 N–H and O–H groups in total. The lowest BCUT2D eigenvalue weighted by Gasteiger charge is -2.09. The number of aryl methyl sites for hydroxylation is 2. The van der Waals surface area contributed by atoms with Crippen LogP contribution in [0.2, 0.25) is 10.0 Å². The van der Waals surface area contributed by atoms with Crippen molar-refractivity contribution in [2.75, 3.05) is 0 Å². The maximum Gasteiger partial charge on any atom is 0.576 e. The third-order valence-electron chi connectivity index (χ3n) is 2.74. The van der Waals surface area contributed by atoms with Crippen LogP contribution < -0.4 is 9.31 Å². The summed E-state index contributed by atoms with van der Waals surface area (Å²) in [5.41, 5.74) is 2.03. The van der Waals surface area contributed by atoms with Gasteiger partial charge in [-0.2, -0.15) is 0 Å². The Balaban J connectivity index is 1.92. The molecule has 2 aromatic carbocycles. The summed E-state index contributed by atoms with van der Waals surface area (Å²) in [5.74, 6) is 1.35. The Kier molecular flexibility index (Phi) is 4.62. The minimum Gasteiger partial charge on any atom is -0.528 e. The molecule has 0 aliphatic rings. The van der Waals surface area contributed by atoms with E-state index in [0.717, 1.165) is 11.1 Å². The third-order valence-corrected chi connectivity index (χ3v) is 3.55. The fraction of sp³-hybridized carbons (Fsp3) is 0.143. The topological polar surface area (TPSA) is 18.5 Å². The summed E-state index contributed by atoms with van der Waals surface area (Å²) in [7, 11) is 0.110. The molecule has 0 aliphatic carbocycles. The van der Waals surface area contributed by atoms with Crippen LogP contribution in [-0.2, 0) is 0 Å². The van der Waals surface area contributed by atoms with Crippen LogP contribution in [0.4, 0.5) is 0 Å². The Hall–Kier alpha value is -1.32. The molecule has 0 aliphatic heterocycles. The van der Waals surface area contributed by atoms with Gasteiger partial charge in [0.2, 0.25) is 0 Å². The normalized spacial score (nSPS) is 10.1. The standard InChI is InChI=1S/C14H13BCl2O2/c1-9-3-5-11(7-13(9)16)18-15-19-12-6-4-10(2)14(17)8-12/h3-8,15H,1-2H3. The van der Waals surface area contributed by atoms with Crippen LogP contribution in [0.1, 0.15) is 11.1 Å². The van der Waals surface area contributed by atoms with Gasteiger partial charge in [0.15, 0.2) is 0 Å². The molecule has 5 heteroatoms. The van der Waals surface area contributed by atoms with Crippen molar-refractivity contribution in [3.63, 3.8) is 0 Å². The van der Waals surface area contributed by atoms with Crippen molar-refractivity contribution in [1.82, 2.24) is 0 Å². The zero-order valence-corrected chi connectivity index (χ0v) is 12.3. The quantitative estimate of drug-likeness (QED) is 0.781. The molecule has 0 amide bonds. The van der Waals surface area contributed by atoms with Crippen LogP contribution >= 0.6 is 23.2 Å². The first-order chi connectivity index (χ1) is 9.06. The van der Waals surface area contributed by atoms with Gasteiger partial charge in [0.1, 0.15) is 11.5 Å². The van der Waals surface area contributed by atoms with Crippen molar-refractivity contribution < 1.29 is 9.31 Å². The highest BCUT2D eigenvalue weighted by molar-refractivity contribution is 6.32. The molecule has 0 aromatic heterocycles. The van der Waals surface area contributed by atoms with E-state index in [1.807, 2.05) is 38.1 Å². The van der Waals surface area contributed by atoms with Crippen molar-refractivity contribution >= 4 is 30.9 Å². The van der Waals surface area contributed by atoms with Gasteiger partial charge < -0.3 is 9.31 Å². The lowest BCUT2D eigenvalue weighted by molar-refractivity contribution is 0.459. The van der Waals surface area contributed by atoms with Crippen LogP contribution in [0.3, 0.4) is 0 Å². The minimum absolute atomic E-state index is 0.110. The molecular formula is C14H13BCl2O2. The predicted octanol–water partition coefficient (Wildman–Crippen LogP) is 4.33. The highest BCUT2D eigenvalue weighted by Crippen LogP contribution is 2.23. The van der Waals surface area contributed by atoms with Gasteiger partial charge in [0, 0.05) is 10.0 Å². The van der Waals surface area contributed by atoms with Gasteiger partial charge in [-0.15, -0.1) is 0 Å². The van der Waals surface area contributed by atoms with Crippen molar-refractivity contribution in [1.29, 1.82) is 0 Å². The first-order valence-electron chi connectivity index (χ1n) is 5.84. The molecule has 0 bridgehead atoms. The van der Waals surface area contributed by atoms with Crippen LogP contribution in [0.15, 0.2) is 36.4 Å². The van der Waals surface area contributed by atoms with Gasteiger partial charge in [0.05, 0.1) is 0 Å². The Labute approximate surface area is 123 Å². The highest BCUT2D eigenvalue weighted by atomic mass is 35.5. The summed E-state index contributed by atoms with van der Waals surface area (Å²) in [6.45, 7) is 3.88. The van der Waals surface area contributed by atoms with E-state index < -0.39 is 0 Å². The fourth-order valence-electron chi connectivity index (χ4n) is 1.49. The molecule has 0 atom stereocenters. The number of rotatable bonds is 4. The minimum atomic E-state index is 0.110. The smallest absolute Gasteiger partial charge is 0.528 e. The Morgan fingerprint density at radius 1 is 0.789 bits per heavy atom. The zero-order valence-electron chi connectivity index (χ0n) is 10.7. The van der Waals surface area contributed by atoms with E-state index in [2.05, 4.69) is 0 Å². The lowest BCUT2D eigenvalue weighted by Crippen LogP contribution is -2.10. The van der Waals surface area contributed by atoms with E-state index in [0.29, 0.717) is 21.5 Å². The number of benzene rings is 2. The van der Waals surface area contributed by atoms with Gasteiger partial charge in [-0.3, -0.25) is 0 Å². The summed E-state index contributed by atoms with van der Waals surface area (Å²) in [6.07, 6.45) is 0. The Morgan fingerprint density at radius 2 is 1.21 bits per heavy atom. The molecule has 98 valence electrons. The van der Waals surface area contributed by atoms with Crippen LogP contribution in [-0.4, -0.2) is 7.69 Å². The maximum absolute atomic E-state index is 6.01. The third kappa shape index (κ3) is 3.82. The average Bonchev–Trinajstić information content (AvgIpc) is 2.38. The summed E-state index contributed by atoms with van der Waals surface area (Å²) in [5, 5.41) is 1.35. The summed E-state index contributed by atoms with van der Waals surface area (Å²) >= 11 is 12.0. The molecule has 0 heterocycles. The van der Waals surface area contributed by atoms with E-state index >= 15 is 0 Å². The Morgan fingerprint density at radius 3 is 1.58 bits per heavy atom. The second kappa shape index (κ2) is 6.22. The molecule has 2 rings (SSSR count). The van der Waals surface area contributed by atoms with Gasteiger partial charge in [-0.05, 0) is 49.2 Å². The highest BCUT2D eigenvalue weighted by Gasteiger charge is 2.03.